The monoisotopic (exact) mass is 316 g/mol. The minimum Gasteiger partial charge on any atom is -0.0625 e. The van der Waals surface area contributed by atoms with Gasteiger partial charge in [-0.05, 0) is 75.8 Å². The molecule has 0 heteroatoms. The Hall–Kier alpha value is -1.82. The summed E-state index contributed by atoms with van der Waals surface area (Å²) in [7, 11) is 0. The Morgan fingerprint density at radius 3 is 2.29 bits per heavy atom. The first-order valence-electron chi connectivity index (χ1n) is 9.55. The minimum absolute atomic E-state index is 0.707. The van der Waals surface area contributed by atoms with E-state index in [0.29, 0.717) is 5.92 Å². The maximum Gasteiger partial charge on any atom is -0.0122 e. The molecule has 0 aliphatic heterocycles. The molecule has 1 fully saturated rings. The lowest BCUT2D eigenvalue weighted by Crippen LogP contribution is -2.26. The number of hydrogen-bond donors (Lipinski definition) is 0. The minimum atomic E-state index is 0.707. The zero-order chi connectivity index (χ0) is 16.7. The van der Waals surface area contributed by atoms with Gasteiger partial charge in [-0.2, -0.15) is 0 Å². The van der Waals surface area contributed by atoms with Crippen molar-refractivity contribution in [3.8, 4) is 0 Å². The van der Waals surface area contributed by atoms with Crippen molar-refractivity contribution >= 4 is 21.5 Å². The van der Waals surface area contributed by atoms with E-state index >= 15 is 0 Å². The van der Waals surface area contributed by atoms with E-state index in [-0.39, 0.29) is 0 Å². The first kappa shape index (κ1) is 15.7. The summed E-state index contributed by atoms with van der Waals surface area (Å²) in [6, 6.07) is 20.5. The Morgan fingerprint density at radius 2 is 1.54 bits per heavy atom. The summed E-state index contributed by atoms with van der Waals surface area (Å²) in [6.45, 7) is 7.26. The van der Waals surface area contributed by atoms with Crippen LogP contribution in [0.2, 0.25) is 0 Å². The average molecular weight is 316 g/mol. The van der Waals surface area contributed by atoms with Crippen LogP contribution in [-0.4, -0.2) is 0 Å². The number of hydrogen-bond acceptors (Lipinski definition) is 0. The number of benzene rings is 3. The zero-order valence-electron chi connectivity index (χ0n) is 15.1. The average Bonchev–Trinajstić information content (AvgIpc) is 2.59. The van der Waals surface area contributed by atoms with Crippen LogP contribution in [0.15, 0.2) is 54.6 Å². The molecular weight excluding hydrogens is 288 g/mol. The molecule has 3 aromatic rings. The van der Waals surface area contributed by atoms with Gasteiger partial charge in [0.1, 0.15) is 0 Å². The summed E-state index contributed by atoms with van der Waals surface area (Å²) in [5, 5.41) is 5.58. The van der Waals surface area contributed by atoms with Crippen molar-refractivity contribution in [3.63, 3.8) is 0 Å². The van der Waals surface area contributed by atoms with E-state index in [9.17, 15) is 0 Å². The van der Waals surface area contributed by atoms with Crippen LogP contribution in [0, 0.1) is 17.8 Å². The molecular formula is C24H28. The molecule has 0 nitrogen and oxygen atoms in total. The zero-order valence-corrected chi connectivity index (χ0v) is 15.1. The molecule has 1 saturated carbocycles. The molecule has 1 aliphatic carbocycles. The van der Waals surface area contributed by atoms with Crippen molar-refractivity contribution < 1.29 is 0 Å². The lowest BCUT2D eigenvalue weighted by atomic mass is 9.67. The maximum atomic E-state index is 2.43. The van der Waals surface area contributed by atoms with E-state index < -0.39 is 0 Å². The van der Waals surface area contributed by atoms with Crippen LogP contribution in [0.1, 0.15) is 51.5 Å². The highest BCUT2D eigenvalue weighted by Crippen LogP contribution is 2.46. The first-order chi connectivity index (χ1) is 11.6. The maximum absolute atomic E-state index is 2.43. The van der Waals surface area contributed by atoms with Gasteiger partial charge in [0.05, 0.1) is 0 Å². The third-order valence-electron chi connectivity index (χ3n) is 6.20. The van der Waals surface area contributed by atoms with Gasteiger partial charge in [0, 0.05) is 0 Å². The van der Waals surface area contributed by atoms with E-state index in [2.05, 4.69) is 75.4 Å². The van der Waals surface area contributed by atoms with Gasteiger partial charge in [-0.25, -0.2) is 0 Å². The second kappa shape index (κ2) is 6.24. The Morgan fingerprint density at radius 1 is 0.833 bits per heavy atom. The van der Waals surface area contributed by atoms with Gasteiger partial charge in [0.25, 0.3) is 0 Å². The van der Waals surface area contributed by atoms with E-state index in [0.717, 1.165) is 17.8 Å². The normalized spacial score (nSPS) is 24.8. The quantitative estimate of drug-likeness (QED) is 0.440. The summed E-state index contributed by atoms with van der Waals surface area (Å²) in [6.07, 6.45) is 4.12. The van der Waals surface area contributed by atoms with Crippen LogP contribution in [0.5, 0.6) is 0 Å². The van der Waals surface area contributed by atoms with Crippen molar-refractivity contribution in [3.05, 3.63) is 60.2 Å². The smallest absolute Gasteiger partial charge is 0.0122 e. The largest absolute Gasteiger partial charge is 0.0625 e. The topological polar surface area (TPSA) is 0 Å². The molecule has 124 valence electrons. The second-order valence-corrected chi connectivity index (χ2v) is 8.20. The molecule has 0 spiro atoms. The molecule has 0 heterocycles. The lowest BCUT2D eigenvalue weighted by molar-refractivity contribution is 0.198. The number of rotatable bonds is 2. The fourth-order valence-corrected chi connectivity index (χ4v) is 4.87. The van der Waals surface area contributed by atoms with E-state index in [1.165, 1.54) is 40.8 Å². The third-order valence-corrected chi connectivity index (χ3v) is 6.20. The fourth-order valence-electron chi connectivity index (χ4n) is 4.87. The Bertz CT molecular complexity index is 858. The van der Waals surface area contributed by atoms with Crippen LogP contribution in [0.3, 0.4) is 0 Å². The summed E-state index contributed by atoms with van der Waals surface area (Å²) in [5.41, 5.74) is 1.59. The highest BCUT2D eigenvalue weighted by Gasteiger charge is 2.32. The van der Waals surface area contributed by atoms with Gasteiger partial charge in [0.2, 0.25) is 0 Å². The molecule has 0 radical (unpaired) electrons. The van der Waals surface area contributed by atoms with E-state index in [4.69, 9.17) is 0 Å². The molecule has 0 aromatic heterocycles. The molecule has 0 amide bonds. The van der Waals surface area contributed by atoms with Crippen LogP contribution in [0.4, 0.5) is 0 Å². The van der Waals surface area contributed by atoms with E-state index in [1.54, 1.807) is 5.56 Å². The highest BCUT2D eigenvalue weighted by molar-refractivity contribution is 5.99. The van der Waals surface area contributed by atoms with E-state index in [1.807, 2.05) is 0 Å². The van der Waals surface area contributed by atoms with Crippen LogP contribution < -0.4 is 0 Å². The van der Waals surface area contributed by atoms with Gasteiger partial charge >= 0.3 is 0 Å². The summed E-state index contributed by atoms with van der Waals surface area (Å²) in [4.78, 5) is 0. The van der Waals surface area contributed by atoms with Crippen molar-refractivity contribution in [1.29, 1.82) is 0 Å². The van der Waals surface area contributed by atoms with Crippen molar-refractivity contribution in [2.45, 2.75) is 46.0 Å². The summed E-state index contributed by atoms with van der Waals surface area (Å²) >= 11 is 0. The summed E-state index contributed by atoms with van der Waals surface area (Å²) < 4.78 is 0. The molecule has 4 rings (SSSR count). The molecule has 0 saturated heterocycles. The number of fused-ring (bicyclic) bond motifs is 2. The SMILES string of the molecule is CC1CCC(C(C)C)C(c2cccc3cc4ccccc4cc23)C1. The van der Waals surface area contributed by atoms with Gasteiger partial charge in [-0.15, -0.1) is 0 Å². The Balaban J connectivity index is 1.89. The summed E-state index contributed by atoms with van der Waals surface area (Å²) in [5.74, 6) is 3.14. The van der Waals surface area contributed by atoms with Gasteiger partial charge in [-0.1, -0.05) is 69.7 Å². The Labute approximate surface area is 145 Å². The van der Waals surface area contributed by atoms with Crippen LogP contribution in [0.25, 0.3) is 21.5 Å². The molecule has 0 bridgehead atoms. The van der Waals surface area contributed by atoms with Crippen LogP contribution in [-0.2, 0) is 0 Å². The second-order valence-electron chi connectivity index (χ2n) is 8.20. The Kier molecular flexibility index (Phi) is 4.08. The van der Waals surface area contributed by atoms with Gasteiger partial charge in [0.15, 0.2) is 0 Å². The molecule has 3 unspecified atom stereocenters. The molecule has 3 aromatic carbocycles. The highest BCUT2D eigenvalue weighted by atomic mass is 14.4. The van der Waals surface area contributed by atoms with Crippen molar-refractivity contribution in [2.75, 3.05) is 0 Å². The standard InChI is InChI=1S/C24H28/c1-16(2)21-12-11-17(3)13-24(21)22-10-6-9-20-14-18-7-4-5-8-19(18)15-23(20)22/h4-10,14-17,21,24H,11-13H2,1-3H3. The molecule has 3 atom stereocenters. The lowest BCUT2D eigenvalue weighted by Gasteiger charge is -2.38. The van der Waals surface area contributed by atoms with Crippen molar-refractivity contribution in [2.24, 2.45) is 17.8 Å². The van der Waals surface area contributed by atoms with Crippen molar-refractivity contribution in [1.82, 2.24) is 0 Å². The third kappa shape index (κ3) is 2.73. The van der Waals surface area contributed by atoms with Gasteiger partial charge in [-0.3, -0.25) is 0 Å². The predicted molar refractivity (Wildman–Crippen MR) is 106 cm³/mol. The molecule has 0 N–H and O–H groups in total. The first-order valence-corrected chi connectivity index (χ1v) is 9.55. The molecule has 1 aliphatic rings. The fraction of sp³-hybridized carbons (Fsp3) is 0.417. The predicted octanol–water partition coefficient (Wildman–Crippen LogP) is 7.17. The van der Waals surface area contributed by atoms with Gasteiger partial charge < -0.3 is 0 Å². The molecule has 24 heavy (non-hydrogen) atoms. The van der Waals surface area contributed by atoms with Crippen LogP contribution >= 0.6 is 0 Å².